The maximum Gasteiger partial charge on any atom is 0.243 e. The Hall–Kier alpha value is -2.75. The molecular weight excluding hydrogens is 464 g/mol. The molecule has 0 unspecified atom stereocenters. The SMILES string of the molecule is CCCCOc1ccc(-n2cc(CN(C)S(=O)(=O)c3ccc(CC4CCOCC4)cc3)nn2)cc1. The molecule has 0 bridgehead atoms. The molecule has 4 rings (SSSR count). The molecular formula is C26H34N4O4S. The summed E-state index contributed by atoms with van der Waals surface area (Å²) in [6, 6.07) is 14.8. The Labute approximate surface area is 207 Å². The Kier molecular flexibility index (Phi) is 8.54. The minimum atomic E-state index is -3.64. The zero-order valence-electron chi connectivity index (χ0n) is 20.5. The normalized spacial score (nSPS) is 14.9. The van der Waals surface area contributed by atoms with Crippen LogP contribution < -0.4 is 4.74 Å². The lowest BCUT2D eigenvalue weighted by atomic mass is 9.92. The third-order valence-electron chi connectivity index (χ3n) is 6.29. The molecule has 0 aliphatic carbocycles. The van der Waals surface area contributed by atoms with E-state index < -0.39 is 10.0 Å². The van der Waals surface area contributed by atoms with Crippen LogP contribution in [-0.4, -0.2) is 54.6 Å². The van der Waals surface area contributed by atoms with E-state index in [2.05, 4.69) is 17.2 Å². The largest absolute Gasteiger partial charge is 0.494 e. The number of sulfonamides is 1. The van der Waals surface area contributed by atoms with E-state index in [1.165, 1.54) is 4.31 Å². The average molecular weight is 499 g/mol. The van der Waals surface area contributed by atoms with Gasteiger partial charge >= 0.3 is 0 Å². The molecule has 188 valence electrons. The molecule has 0 radical (unpaired) electrons. The van der Waals surface area contributed by atoms with Gasteiger partial charge in [0.2, 0.25) is 10.0 Å². The van der Waals surface area contributed by atoms with Gasteiger partial charge in [0.05, 0.1) is 35.6 Å². The van der Waals surface area contributed by atoms with Gasteiger partial charge in [-0.1, -0.05) is 30.7 Å². The van der Waals surface area contributed by atoms with Gasteiger partial charge < -0.3 is 9.47 Å². The summed E-state index contributed by atoms with van der Waals surface area (Å²) in [6.07, 6.45) is 6.92. The molecule has 2 heterocycles. The molecule has 2 aromatic carbocycles. The Balaban J connectivity index is 1.36. The van der Waals surface area contributed by atoms with Crippen LogP contribution in [0.1, 0.15) is 43.9 Å². The van der Waals surface area contributed by atoms with Crippen molar-refractivity contribution in [2.75, 3.05) is 26.9 Å². The minimum absolute atomic E-state index is 0.129. The van der Waals surface area contributed by atoms with Gasteiger partial charge in [0.25, 0.3) is 0 Å². The molecule has 9 heteroatoms. The highest BCUT2D eigenvalue weighted by Crippen LogP contribution is 2.23. The zero-order valence-corrected chi connectivity index (χ0v) is 21.3. The summed E-state index contributed by atoms with van der Waals surface area (Å²) in [4.78, 5) is 0.279. The van der Waals surface area contributed by atoms with E-state index in [0.717, 1.165) is 62.3 Å². The first kappa shape index (κ1) is 25.3. The summed E-state index contributed by atoms with van der Waals surface area (Å²) in [5, 5.41) is 8.33. The summed E-state index contributed by atoms with van der Waals surface area (Å²) in [6.45, 7) is 4.58. The molecule has 35 heavy (non-hydrogen) atoms. The third kappa shape index (κ3) is 6.68. The van der Waals surface area contributed by atoms with Crippen LogP contribution in [0.4, 0.5) is 0 Å². The standard InChI is InChI=1S/C26H34N4O4S/c1-3-4-15-34-25-9-7-24(8-10-25)30-20-23(27-28-30)19-29(2)35(31,32)26-11-5-21(6-12-26)18-22-13-16-33-17-14-22/h5-12,20,22H,3-4,13-19H2,1-2H3. The predicted octanol–water partition coefficient (Wildman–Crippen LogP) is 4.24. The van der Waals surface area contributed by atoms with Crippen molar-refractivity contribution >= 4 is 10.0 Å². The lowest BCUT2D eigenvalue weighted by molar-refractivity contribution is 0.0665. The van der Waals surface area contributed by atoms with Crippen molar-refractivity contribution in [1.29, 1.82) is 0 Å². The first-order valence-corrected chi connectivity index (χ1v) is 13.7. The molecule has 1 aliphatic rings. The molecule has 1 aliphatic heterocycles. The number of hydrogen-bond acceptors (Lipinski definition) is 6. The first-order chi connectivity index (χ1) is 17.0. The lowest BCUT2D eigenvalue weighted by Crippen LogP contribution is -2.26. The summed E-state index contributed by atoms with van der Waals surface area (Å²) >= 11 is 0. The Morgan fingerprint density at radius 3 is 2.49 bits per heavy atom. The molecule has 0 atom stereocenters. The highest BCUT2D eigenvalue weighted by Gasteiger charge is 2.22. The second kappa shape index (κ2) is 11.8. The van der Waals surface area contributed by atoms with Crippen molar-refractivity contribution in [2.45, 2.75) is 50.5 Å². The topological polar surface area (TPSA) is 86.5 Å². The van der Waals surface area contributed by atoms with Gasteiger partial charge in [-0.05, 0) is 73.6 Å². The van der Waals surface area contributed by atoms with E-state index in [4.69, 9.17) is 9.47 Å². The molecule has 0 spiro atoms. The number of aromatic nitrogens is 3. The second-order valence-corrected chi connectivity index (χ2v) is 11.1. The van der Waals surface area contributed by atoms with Crippen molar-refractivity contribution < 1.29 is 17.9 Å². The Morgan fingerprint density at radius 1 is 1.09 bits per heavy atom. The van der Waals surface area contributed by atoms with Crippen LogP contribution in [0, 0.1) is 5.92 Å². The van der Waals surface area contributed by atoms with Crippen LogP contribution in [0.3, 0.4) is 0 Å². The summed E-state index contributed by atoms with van der Waals surface area (Å²) in [5.41, 5.74) is 2.55. The van der Waals surface area contributed by atoms with Crippen LogP contribution in [-0.2, 0) is 27.7 Å². The molecule has 0 amide bonds. The van der Waals surface area contributed by atoms with Crippen molar-refractivity contribution in [3.63, 3.8) is 0 Å². The average Bonchev–Trinajstić information content (AvgIpc) is 3.34. The fourth-order valence-electron chi connectivity index (χ4n) is 4.10. The Bertz CT molecular complexity index is 1170. The van der Waals surface area contributed by atoms with Crippen LogP contribution in [0.15, 0.2) is 59.6 Å². The molecule has 1 aromatic heterocycles. The van der Waals surface area contributed by atoms with E-state index in [1.807, 2.05) is 36.4 Å². The molecule has 3 aromatic rings. The summed E-state index contributed by atoms with van der Waals surface area (Å²) < 4.78 is 40.3. The predicted molar refractivity (Wildman–Crippen MR) is 134 cm³/mol. The smallest absolute Gasteiger partial charge is 0.243 e. The minimum Gasteiger partial charge on any atom is -0.494 e. The highest BCUT2D eigenvalue weighted by atomic mass is 32.2. The number of nitrogens with zero attached hydrogens (tertiary/aromatic N) is 4. The van der Waals surface area contributed by atoms with E-state index in [9.17, 15) is 8.42 Å². The number of benzene rings is 2. The molecule has 1 saturated heterocycles. The maximum atomic E-state index is 13.1. The van der Waals surface area contributed by atoms with Crippen LogP contribution in [0.25, 0.3) is 5.69 Å². The van der Waals surface area contributed by atoms with Crippen molar-refractivity contribution in [3.05, 3.63) is 66.0 Å². The molecule has 1 fully saturated rings. The number of unbranched alkanes of at least 4 members (excludes halogenated alkanes) is 1. The van der Waals surface area contributed by atoms with Crippen LogP contribution >= 0.6 is 0 Å². The molecule has 0 N–H and O–H groups in total. The zero-order chi connectivity index (χ0) is 24.7. The van der Waals surface area contributed by atoms with E-state index in [0.29, 0.717) is 18.2 Å². The van der Waals surface area contributed by atoms with Crippen LogP contribution in [0.5, 0.6) is 5.75 Å². The van der Waals surface area contributed by atoms with E-state index >= 15 is 0 Å². The van der Waals surface area contributed by atoms with Gasteiger partial charge in [-0.2, -0.15) is 4.31 Å². The fraction of sp³-hybridized carbons (Fsp3) is 0.462. The van der Waals surface area contributed by atoms with Gasteiger partial charge in [-0.25, -0.2) is 13.1 Å². The van der Waals surface area contributed by atoms with Gasteiger partial charge in [-0.15, -0.1) is 5.10 Å². The van der Waals surface area contributed by atoms with Crippen molar-refractivity contribution in [1.82, 2.24) is 19.3 Å². The first-order valence-electron chi connectivity index (χ1n) is 12.2. The van der Waals surface area contributed by atoms with E-state index in [1.54, 1.807) is 30.1 Å². The summed E-state index contributed by atoms with van der Waals surface area (Å²) in [5.74, 6) is 1.41. The van der Waals surface area contributed by atoms with Gasteiger partial charge in [0, 0.05) is 20.3 Å². The van der Waals surface area contributed by atoms with Crippen LogP contribution in [0.2, 0.25) is 0 Å². The Morgan fingerprint density at radius 2 is 1.80 bits per heavy atom. The second-order valence-electron chi connectivity index (χ2n) is 9.02. The van der Waals surface area contributed by atoms with Gasteiger partial charge in [0.1, 0.15) is 5.75 Å². The number of ether oxygens (including phenoxy) is 2. The number of rotatable bonds is 11. The molecule has 0 saturated carbocycles. The van der Waals surface area contributed by atoms with Crippen molar-refractivity contribution in [2.24, 2.45) is 5.92 Å². The maximum absolute atomic E-state index is 13.1. The lowest BCUT2D eigenvalue weighted by Gasteiger charge is -2.22. The fourth-order valence-corrected chi connectivity index (χ4v) is 5.24. The molecule has 8 nitrogen and oxygen atoms in total. The number of hydrogen-bond donors (Lipinski definition) is 0. The van der Waals surface area contributed by atoms with Gasteiger partial charge in [0.15, 0.2) is 0 Å². The van der Waals surface area contributed by atoms with Crippen molar-refractivity contribution in [3.8, 4) is 11.4 Å². The van der Waals surface area contributed by atoms with E-state index in [-0.39, 0.29) is 11.4 Å². The summed E-state index contributed by atoms with van der Waals surface area (Å²) in [7, 11) is -2.08. The monoisotopic (exact) mass is 498 g/mol. The third-order valence-corrected chi connectivity index (χ3v) is 8.11. The van der Waals surface area contributed by atoms with Gasteiger partial charge in [-0.3, -0.25) is 0 Å². The quantitative estimate of drug-likeness (QED) is 0.368. The highest BCUT2D eigenvalue weighted by molar-refractivity contribution is 7.89.